The molecular weight excluding hydrogens is 218 g/mol. The van der Waals surface area contributed by atoms with E-state index in [1.807, 2.05) is 16.2 Å². The average molecular weight is 237 g/mol. The quantitative estimate of drug-likeness (QED) is 0.791. The van der Waals surface area contributed by atoms with Gasteiger partial charge in [-0.25, -0.2) is 0 Å². The van der Waals surface area contributed by atoms with Gasteiger partial charge in [0.1, 0.15) is 0 Å². The molecule has 2 nitrogen and oxygen atoms in total. The number of nitrogens with zero attached hydrogens (tertiary/aromatic N) is 1. The maximum atomic E-state index is 12.1. The summed E-state index contributed by atoms with van der Waals surface area (Å²) in [6.07, 6.45) is 3.13. The molecule has 0 N–H and O–H groups in total. The minimum absolute atomic E-state index is 0.185. The van der Waals surface area contributed by atoms with Crippen LogP contribution in [0.15, 0.2) is 11.4 Å². The van der Waals surface area contributed by atoms with E-state index in [-0.39, 0.29) is 5.92 Å². The van der Waals surface area contributed by atoms with Crippen LogP contribution in [0.2, 0.25) is 0 Å². The standard InChI is InChI=1S/C13H19NOS/c1-3-4-10(2)13(15)14-7-5-12-11(9-14)6-8-16-12/h6,8,10H,3-5,7,9H2,1-2H3. The van der Waals surface area contributed by atoms with Crippen LogP contribution in [-0.2, 0) is 17.8 Å². The van der Waals surface area contributed by atoms with Gasteiger partial charge >= 0.3 is 0 Å². The Morgan fingerprint density at radius 1 is 1.62 bits per heavy atom. The molecule has 1 aromatic heterocycles. The van der Waals surface area contributed by atoms with E-state index in [2.05, 4.69) is 25.3 Å². The summed E-state index contributed by atoms with van der Waals surface area (Å²) in [7, 11) is 0. The SMILES string of the molecule is CCCC(C)C(=O)N1CCc2sccc2C1. The third-order valence-electron chi connectivity index (χ3n) is 3.26. The number of fused-ring (bicyclic) bond motifs is 1. The number of hydrogen-bond acceptors (Lipinski definition) is 2. The number of carbonyl (C=O) groups is 1. The van der Waals surface area contributed by atoms with Gasteiger partial charge in [0.15, 0.2) is 0 Å². The first-order valence-electron chi connectivity index (χ1n) is 6.06. The number of rotatable bonds is 3. The number of thiophene rings is 1. The number of carbonyl (C=O) groups excluding carboxylic acids is 1. The number of hydrogen-bond donors (Lipinski definition) is 0. The van der Waals surface area contributed by atoms with E-state index in [0.717, 1.165) is 32.4 Å². The second-order valence-corrected chi connectivity index (χ2v) is 5.57. The Morgan fingerprint density at radius 3 is 3.19 bits per heavy atom. The second kappa shape index (κ2) is 5.00. The van der Waals surface area contributed by atoms with Gasteiger partial charge in [-0.2, -0.15) is 0 Å². The molecule has 88 valence electrons. The lowest BCUT2D eigenvalue weighted by atomic mass is 10.0. The van der Waals surface area contributed by atoms with E-state index >= 15 is 0 Å². The van der Waals surface area contributed by atoms with Crippen molar-refractivity contribution < 1.29 is 4.79 Å². The second-order valence-electron chi connectivity index (χ2n) is 4.57. The van der Waals surface area contributed by atoms with Gasteiger partial charge in [-0.05, 0) is 29.9 Å². The summed E-state index contributed by atoms with van der Waals surface area (Å²) in [5, 5.41) is 2.13. The highest BCUT2D eigenvalue weighted by atomic mass is 32.1. The normalized spacial score (nSPS) is 17.0. The lowest BCUT2D eigenvalue weighted by Gasteiger charge is -2.29. The van der Waals surface area contributed by atoms with Crippen molar-refractivity contribution in [3.63, 3.8) is 0 Å². The number of amides is 1. The lowest BCUT2D eigenvalue weighted by Crippen LogP contribution is -2.38. The minimum atomic E-state index is 0.185. The average Bonchev–Trinajstić information content (AvgIpc) is 2.75. The molecule has 1 aliphatic rings. The van der Waals surface area contributed by atoms with Crippen molar-refractivity contribution in [1.82, 2.24) is 4.90 Å². The van der Waals surface area contributed by atoms with Gasteiger partial charge in [0, 0.05) is 23.9 Å². The molecule has 1 atom stereocenters. The largest absolute Gasteiger partial charge is 0.338 e. The molecule has 1 aromatic rings. The van der Waals surface area contributed by atoms with Crippen LogP contribution in [0.1, 0.15) is 37.1 Å². The monoisotopic (exact) mass is 237 g/mol. The maximum absolute atomic E-state index is 12.1. The first-order valence-corrected chi connectivity index (χ1v) is 6.94. The molecule has 0 radical (unpaired) electrons. The first kappa shape index (κ1) is 11.6. The molecule has 0 aliphatic carbocycles. The molecule has 0 aromatic carbocycles. The fourth-order valence-electron chi connectivity index (χ4n) is 2.30. The van der Waals surface area contributed by atoms with Crippen molar-refractivity contribution in [2.75, 3.05) is 6.54 Å². The molecule has 1 unspecified atom stereocenters. The highest BCUT2D eigenvalue weighted by Gasteiger charge is 2.24. The molecule has 0 fully saturated rings. The maximum Gasteiger partial charge on any atom is 0.225 e. The van der Waals surface area contributed by atoms with E-state index in [0.29, 0.717) is 5.91 Å². The summed E-state index contributed by atoms with van der Waals surface area (Å²) >= 11 is 1.82. The van der Waals surface area contributed by atoms with Crippen LogP contribution < -0.4 is 0 Å². The molecule has 3 heteroatoms. The third kappa shape index (κ3) is 2.29. The Labute approximate surface area is 101 Å². The Kier molecular flexibility index (Phi) is 3.64. The highest BCUT2D eigenvalue weighted by molar-refractivity contribution is 7.10. The molecule has 1 aliphatic heterocycles. The lowest BCUT2D eigenvalue weighted by molar-refractivity contribution is -0.136. The summed E-state index contributed by atoms with van der Waals surface area (Å²) < 4.78 is 0. The predicted molar refractivity (Wildman–Crippen MR) is 67.5 cm³/mol. The minimum Gasteiger partial charge on any atom is -0.338 e. The van der Waals surface area contributed by atoms with Gasteiger partial charge < -0.3 is 4.90 Å². The Hall–Kier alpha value is -0.830. The Balaban J connectivity index is 2.00. The Morgan fingerprint density at radius 2 is 2.44 bits per heavy atom. The van der Waals surface area contributed by atoms with E-state index in [1.54, 1.807) is 0 Å². The van der Waals surface area contributed by atoms with Gasteiger partial charge in [-0.1, -0.05) is 20.3 Å². The van der Waals surface area contributed by atoms with E-state index in [1.165, 1.54) is 10.4 Å². The van der Waals surface area contributed by atoms with Crippen LogP contribution in [0.25, 0.3) is 0 Å². The summed E-state index contributed by atoms with van der Waals surface area (Å²) in [5.74, 6) is 0.517. The zero-order valence-corrected chi connectivity index (χ0v) is 10.8. The third-order valence-corrected chi connectivity index (χ3v) is 4.29. The zero-order valence-electron chi connectivity index (χ0n) is 10.0. The Bertz CT molecular complexity index is 372. The predicted octanol–water partition coefficient (Wildman–Crippen LogP) is 3.07. The highest BCUT2D eigenvalue weighted by Crippen LogP contribution is 2.25. The van der Waals surface area contributed by atoms with Crippen molar-refractivity contribution in [1.29, 1.82) is 0 Å². The fraction of sp³-hybridized carbons (Fsp3) is 0.615. The molecule has 0 spiro atoms. The van der Waals surface area contributed by atoms with Gasteiger partial charge in [-0.15, -0.1) is 11.3 Å². The molecular formula is C13H19NOS. The molecule has 2 rings (SSSR count). The fourth-order valence-corrected chi connectivity index (χ4v) is 3.19. The first-order chi connectivity index (χ1) is 7.72. The van der Waals surface area contributed by atoms with Gasteiger partial charge in [0.2, 0.25) is 5.91 Å². The van der Waals surface area contributed by atoms with Crippen molar-refractivity contribution in [2.24, 2.45) is 5.92 Å². The van der Waals surface area contributed by atoms with Crippen LogP contribution in [0.4, 0.5) is 0 Å². The van der Waals surface area contributed by atoms with Crippen LogP contribution in [0.5, 0.6) is 0 Å². The van der Waals surface area contributed by atoms with Crippen LogP contribution in [0, 0.1) is 5.92 Å². The molecule has 0 bridgehead atoms. The van der Waals surface area contributed by atoms with Gasteiger partial charge in [0.25, 0.3) is 0 Å². The van der Waals surface area contributed by atoms with E-state index in [4.69, 9.17) is 0 Å². The van der Waals surface area contributed by atoms with Crippen molar-refractivity contribution in [3.8, 4) is 0 Å². The smallest absolute Gasteiger partial charge is 0.225 e. The van der Waals surface area contributed by atoms with Gasteiger partial charge in [-0.3, -0.25) is 4.79 Å². The summed E-state index contributed by atoms with van der Waals surface area (Å²) in [6.45, 7) is 5.91. The van der Waals surface area contributed by atoms with Gasteiger partial charge in [0.05, 0.1) is 0 Å². The molecule has 16 heavy (non-hydrogen) atoms. The molecule has 2 heterocycles. The van der Waals surface area contributed by atoms with Crippen molar-refractivity contribution in [2.45, 2.75) is 39.7 Å². The zero-order chi connectivity index (χ0) is 11.5. The summed E-state index contributed by atoms with van der Waals surface area (Å²) in [6, 6.07) is 2.16. The van der Waals surface area contributed by atoms with Crippen molar-refractivity contribution >= 4 is 17.2 Å². The summed E-state index contributed by atoms with van der Waals surface area (Å²) in [5.41, 5.74) is 1.35. The summed E-state index contributed by atoms with van der Waals surface area (Å²) in [4.78, 5) is 15.6. The molecule has 0 saturated heterocycles. The van der Waals surface area contributed by atoms with Crippen LogP contribution in [0.3, 0.4) is 0 Å². The topological polar surface area (TPSA) is 20.3 Å². The van der Waals surface area contributed by atoms with Crippen molar-refractivity contribution in [3.05, 3.63) is 21.9 Å². The van der Waals surface area contributed by atoms with E-state index in [9.17, 15) is 4.79 Å². The van der Waals surface area contributed by atoms with Crippen LogP contribution in [-0.4, -0.2) is 17.4 Å². The molecule has 1 amide bonds. The van der Waals surface area contributed by atoms with Crippen LogP contribution >= 0.6 is 11.3 Å². The molecule has 0 saturated carbocycles. The van der Waals surface area contributed by atoms with E-state index < -0.39 is 0 Å².